The Morgan fingerprint density at radius 3 is 2.59 bits per heavy atom. The van der Waals surface area contributed by atoms with Crippen LogP contribution in [-0.4, -0.2) is 54.7 Å². The Bertz CT molecular complexity index is 1090. The molecule has 1 aromatic heterocycles. The Morgan fingerprint density at radius 1 is 1.38 bits per heavy atom. The Hall–Kier alpha value is -0.845. The summed E-state index contributed by atoms with van der Waals surface area (Å²) in [4.78, 5) is 13.4. The van der Waals surface area contributed by atoms with Crippen LogP contribution < -0.4 is 10.0 Å². The minimum absolute atomic E-state index is 0.101. The van der Waals surface area contributed by atoms with Gasteiger partial charge in [0.2, 0.25) is 5.91 Å². The van der Waals surface area contributed by atoms with Crippen LogP contribution in [0.15, 0.2) is 34.1 Å². The van der Waals surface area contributed by atoms with Gasteiger partial charge in [0.1, 0.15) is 21.5 Å². The van der Waals surface area contributed by atoms with E-state index < -0.39 is 38.6 Å². The smallest absolute Gasteiger partial charge is 0.279 e. The third-order valence-electron chi connectivity index (χ3n) is 4.67. The van der Waals surface area contributed by atoms with Crippen molar-refractivity contribution in [1.29, 1.82) is 0 Å². The largest absolute Gasteiger partial charge is 0.325 e. The summed E-state index contributed by atoms with van der Waals surface area (Å²) in [7, 11) is 15.7. The van der Waals surface area contributed by atoms with Crippen molar-refractivity contribution in [2.75, 3.05) is 12.4 Å². The van der Waals surface area contributed by atoms with Crippen molar-refractivity contribution in [3.8, 4) is 0 Å². The lowest BCUT2D eigenvalue weighted by atomic mass is 9.47. The van der Waals surface area contributed by atoms with Crippen molar-refractivity contribution < 1.29 is 17.6 Å². The molecule has 2 heterocycles. The first-order valence-corrected chi connectivity index (χ1v) is 11.4. The molecule has 14 heteroatoms. The maximum Gasteiger partial charge on any atom is 0.279 e. The van der Waals surface area contributed by atoms with Crippen LogP contribution in [-0.2, 0) is 20.4 Å². The molecule has 1 aliphatic heterocycles. The van der Waals surface area contributed by atoms with Gasteiger partial charge in [-0.3, -0.25) is 4.79 Å². The SMILES string of the molecule is [B]C1[C@]([B])(c2ccc(Br)s2)NS(=O)(=O)N(C)[C@]1([B])C(=O)Nc1ccc(F)c(Cl)c1. The average Bonchev–Trinajstić information content (AvgIpc) is 3.08. The second-order valence-corrected chi connectivity index (χ2v) is 11.0. The highest BCUT2D eigenvalue weighted by molar-refractivity contribution is 9.11. The molecular weight excluding hydrogens is 501 g/mol. The number of benzene rings is 1. The molecule has 1 aliphatic rings. The zero-order valence-electron chi connectivity index (χ0n) is 14.8. The number of hydrogen-bond donors (Lipinski definition) is 2. The maximum atomic E-state index is 13.4. The van der Waals surface area contributed by atoms with Gasteiger partial charge in [-0.15, -0.1) is 11.3 Å². The summed E-state index contributed by atoms with van der Waals surface area (Å²) in [6.07, 6.45) is 0. The van der Waals surface area contributed by atoms with Gasteiger partial charge in [-0.25, -0.2) is 9.11 Å². The van der Waals surface area contributed by atoms with Gasteiger partial charge < -0.3 is 5.32 Å². The second kappa shape index (κ2) is 7.69. The summed E-state index contributed by atoms with van der Waals surface area (Å²) in [6, 6.07) is 6.68. The van der Waals surface area contributed by atoms with Crippen molar-refractivity contribution in [3.05, 3.63) is 49.8 Å². The van der Waals surface area contributed by atoms with Gasteiger partial charge in [0.05, 0.1) is 22.1 Å². The Morgan fingerprint density at radius 2 is 2.03 bits per heavy atom. The minimum Gasteiger partial charge on any atom is -0.325 e. The van der Waals surface area contributed by atoms with Crippen LogP contribution in [0.3, 0.4) is 0 Å². The first-order valence-electron chi connectivity index (χ1n) is 7.96. The molecule has 6 radical (unpaired) electrons. The molecule has 0 bridgehead atoms. The summed E-state index contributed by atoms with van der Waals surface area (Å²) in [5.41, 5.74) is -4.05. The third-order valence-corrected chi connectivity index (χ3v) is 8.35. The van der Waals surface area contributed by atoms with Crippen LogP contribution in [0.2, 0.25) is 10.8 Å². The van der Waals surface area contributed by atoms with Gasteiger partial charge in [-0.05, 0) is 52.1 Å². The molecule has 2 N–H and O–H groups in total. The van der Waals surface area contributed by atoms with E-state index in [1.807, 2.05) is 0 Å². The van der Waals surface area contributed by atoms with Crippen LogP contribution >= 0.6 is 38.9 Å². The summed E-state index contributed by atoms with van der Waals surface area (Å²) in [6.45, 7) is 0. The van der Waals surface area contributed by atoms with Gasteiger partial charge in [-0.1, -0.05) is 11.6 Å². The number of nitrogens with one attached hydrogen (secondary N) is 2. The quantitative estimate of drug-likeness (QED) is 0.617. The molecule has 2 aromatic rings. The molecule has 0 aliphatic carbocycles. The Labute approximate surface area is 189 Å². The number of rotatable bonds is 3. The maximum absolute atomic E-state index is 13.4. The van der Waals surface area contributed by atoms with E-state index in [2.05, 4.69) is 26.0 Å². The number of carbonyl (C=O) groups is 1. The van der Waals surface area contributed by atoms with Gasteiger partial charge in [0.15, 0.2) is 0 Å². The van der Waals surface area contributed by atoms with E-state index in [4.69, 9.17) is 35.1 Å². The van der Waals surface area contributed by atoms with E-state index in [-0.39, 0.29) is 10.7 Å². The van der Waals surface area contributed by atoms with E-state index in [9.17, 15) is 17.6 Å². The highest BCUT2D eigenvalue weighted by Crippen LogP contribution is 2.46. The number of likely N-dealkylation sites (N-methyl/N-ethyl adjacent to an activating group) is 1. The van der Waals surface area contributed by atoms with E-state index in [1.165, 1.54) is 6.07 Å². The monoisotopic (exact) mass is 511 g/mol. The molecule has 1 unspecified atom stereocenters. The summed E-state index contributed by atoms with van der Waals surface area (Å²) in [5, 5.41) is 2.19. The molecule has 1 fully saturated rings. The van der Waals surface area contributed by atoms with Gasteiger partial charge >= 0.3 is 0 Å². The number of carbonyl (C=O) groups excluding carboxylic acids is 1. The fourth-order valence-corrected chi connectivity index (χ4v) is 6.04. The van der Waals surface area contributed by atoms with E-state index in [0.29, 0.717) is 13.0 Å². The Balaban J connectivity index is 2.06. The van der Waals surface area contributed by atoms with Crippen LogP contribution in [0.1, 0.15) is 4.88 Å². The van der Waals surface area contributed by atoms with Crippen LogP contribution in [0, 0.1) is 5.82 Å². The van der Waals surface area contributed by atoms with Gasteiger partial charge in [0, 0.05) is 23.1 Å². The van der Waals surface area contributed by atoms with Crippen molar-refractivity contribution >= 4 is 84.2 Å². The zero-order chi connectivity index (χ0) is 21.8. The van der Waals surface area contributed by atoms with Crippen LogP contribution in [0.25, 0.3) is 0 Å². The lowest BCUT2D eigenvalue weighted by molar-refractivity contribution is -0.122. The third kappa shape index (κ3) is 3.81. The number of nitrogens with zero attached hydrogens (tertiary/aromatic N) is 1. The summed E-state index contributed by atoms with van der Waals surface area (Å²) < 4.78 is 42.4. The normalized spacial score (nSPS) is 29.4. The minimum atomic E-state index is -4.30. The molecule has 3 atom stereocenters. The molecule has 3 rings (SSSR count). The van der Waals surface area contributed by atoms with Gasteiger partial charge in [-0.2, -0.15) is 12.7 Å². The second-order valence-electron chi connectivity index (χ2n) is 6.43. The predicted molar refractivity (Wildman–Crippen MR) is 117 cm³/mol. The average molecular weight is 512 g/mol. The highest BCUT2D eigenvalue weighted by atomic mass is 79.9. The number of halogens is 3. The predicted octanol–water partition coefficient (Wildman–Crippen LogP) is 1.86. The fraction of sp³-hybridized carbons (Fsp3) is 0.267. The number of thiophene rings is 1. The standard InChI is InChI=1S/C15H11B3BrClFN3O3S2/c1-24-15(18,13(25)22-7-2-3-9(21)8(20)6-7)12(16)14(17,23-29(24,26)27)10-4-5-11(19)28-10/h2-6,12,23H,1H3,(H,22,25)/t12?,14-,15-/m0/s1. The number of hydrogen-bond acceptors (Lipinski definition) is 4. The van der Waals surface area contributed by atoms with Crippen LogP contribution in [0.4, 0.5) is 10.1 Å². The van der Waals surface area contributed by atoms with E-state index >= 15 is 0 Å². The summed E-state index contributed by atoms with van der Waals surface area (Å²) in [5.74, 6) is -3.06. The Kier molecular flexibility index (Phi) is 6.05. The molecule has 1 amide bonds. The molecular formula is C15H11B3BrClFN3O3S2. The molecule has 146 valence electrons. The lowest BCUT2D eigenvalue weighted by Gasteiger charge is -2.54. The van der Waals surface area contributed by atoms with Crippen LogP contribution in [0.5, 0.6) is 0 Å². The summed E-state index contributed by atoms with van der Waals surface area (Å²) >= 11 is 10.1. The molecule has 0 spiro atoms. The fourth-order valence-electron chi connectivity index (χ4n) is 2.92. The topological polar surface area (TPSA) is 78.5 Å². The molecule has 29 heavy (non-hydrogen) atoms. The number of amides is 1. The highest BCUT2D eigenvalue weighted by Gasteiger charge is 2.58. The van der Waals surface area contributed by atoms with Gasteiger partial charge in [0.25, 0.3) is 10.2 Å². The molecule has 0 saturated carbocycles. The van der Waals surface area contributed by atoms with Crippen molar-refractivity contribution in [2.24, 2.45) is 0 Å². The first-order chi connectivity index (χ1) is 13.3. The number of anilines is 1. The van der Waals surface area contributed by atoms with Crippen molar-refractivity contribution in [3.63, 3.8) is 0 Å². The van der Waals surface area contributed by atoms with E-state index in [1.54, 1.807) is 12.1 Å². The molecule has 6 nitrogen and oxygen atoms in total. The van der Waals surface area contributed by atoms with Crippen molar-refractivity contribution in [1.82, 2.24) is 9.03 Å². The molecule has 1 aromatic carbocycles. The van der Waals surface area contributed by atoms with E-state index in [0.717, 1.165) is 30.5 Å². The van der Waals surface area contributed by atoms with Crippen molar-refractivity contribution in [2.45, 2.75) is 16.7 Å². The lowest BCUT2D eigenvalue weighted by Crippen LogP contribution is -2.74. The zero-order valence-corrected chi connectivity index (χ0v) is 18.8. The first kappa shape index (κ1) is 22.8. The molecule has 1 saturated heterocycles.